The maximum atomic E-state index is 10.8. The van der Waals surface area contributed by atoms with Gasteiger partial charge in [0, 0.05) is 6.20 Å². The predicted octanol–water partition coefficient (Wildman–Crippen LogP) is 2.23. The molecule has 2 aromatic rings. The molecule has 17 heavy (non-hydrogen) atoms. The van der Waals surface area contributed by atoms with E-state index in [9.17, 15) is 4.79 Å². The second kappa shape index (κ2) is 4.61. The molecule has 5 heteroatoms. The van der Waals surface area contributed by atoms with E-state index < -0.39 is 5.97 Å². The molecule has 2 aromatic heterocycles. The minimum Gasteiger partial charge on any atom is -0.477 e. The van der Waals surface area contributed by atoms with Crippen molar-refractivity contribution < 1.29 is 9.90 Å². The highest BCUT2D eigenvalue weighted by Crippen LogP contribution is 2.16. The number of nitrogens with one attached hydrogen (secondary N) is 1. The van der Waals surface area contributed by atoms with Crippen molar-refractivity contribution in [1.82, 2.24) is 9.97 Å². The molecule has 0 aromatic carbocycles. The van der Waals surface area contributed by atoms with Crippen LogP contribution >= 0.6 is 0 Å². The van der Waals surface area contributed by atoms with E-state index in [1.165, 1.54) is 6.07 Å². The Bertz CT molecular complexity index is 555. The average molecular weight is 229 g/mol. The second-order valence-electron chi connectivity index (χ2n) is 3.47. The third kappa shape index (κ3) is 2.57. The second-order valence-corrected chi connectivity index (χ2v) is 3.47. The smallest absolute Gasteiger partial charge is 0.354 e. The fraction of sp³-hybridized carbons (Fsp3) is 0.0833. The zero-order chi connectivity index (χ0) is 12.3. The standard InChI is InChI=1S/C12H11N3O2/c1-8-9(5-3-7-13-8)14-11-6-2-4-10(15-11)12(16)17/h2-7H,1H3,(H,14,15)(H,16,17). The number of carboxylic acid groups (broad SMARTS) is 1. The van der Waals surface area contributed by atoms with Crippen molar-refractivity contribution in [2.24, 2.45) is 0 Å². The van der Waals surface area contributed by atoms with E-state index >= 15 is 0 Å². The Kier molecular flexibility index (Phi) is 3.00. The van der Waals surface area contributed by atoms with Gasteiger partial charge in [0.05, 0.1) is 11.4 Å². The maximum Gasteiger partial charge on any atom is 0.354 e. The summed E-state index contributed by atoms with van der Waals surface area (Å²) in [5.41, 5.74) is 1.65. The molecule has 5 nitrogen and oxygen atoms in total. The van der Waals surface area contributed by atoms with Crippen molar-refractivity contribution in [2.45, 2.75) is 6.92 Å². The molecule has 0 aliphatic carbocycles. The van der Waals surface area contributed by atoms with Gasteiger partial charge in [-0.1, -0.05) is 6.07 Å². The molecule has 2 heterocycles. The van der Waals surface area contributed by atoms with Crippen LogP contribution in [0, 0.1) is 6.92 Å². The third-order valence-corrected chi connectivity index (χ3v) is 2.24. The predicted molar refractivity (Wildman–Crippen MR) is 63.5 cm³/mol. The molecule has 0 unspecified atom stereocenters. The van der Waals surface area contributed by atoms with Crippen LogP contribution in [0.2, 0.25) is 0 Å². The molecule has 0 atom stereocenters. The van der Waals surface area contributed by atoms with Gasteiger partial charge in [-0.05, 0) is 31.2 Å². The van der Waals surface area contributed by atoms with Crippen LogP contribution in [0.3, 0.4) is 0 Å². The molecule has 2 N–H and O–H groups in total. The van der Waals surface area contributed by atoms with Crippen molar-refractivity contribution >= 4 is 17.5 Å². The maximum absolute atomic E-state index is 10.8. The monoisotopic (exact) mass is 229 g/mol. The molecule has 0 amide bonds. The van der Waals surface area contributed by atoms with Crippen LogP contribution in [-0.4, -0.2) is 21.0 Å². The first-order valence-corrected chi connectivity index (χ1v) is 5.06. The molecule has 0 radical (unpaired) electrons. The topological polar surface area (TPSA) is 75.1 Å². The van der Waals surface area contributed by atoms with Crippen LogP contribution in [0.1, 0.15) is 16.2 Å². The zero-order valence-corrected chi connectivity index (χ0v) is 9.21. The van der Waals surface area contributed by atoms with Crippen LogP contribution < -0.4 is 5.32 Å². The first-order valence-electron chi connectivity index (χ1n) is 5.06. The fourth-order valence-electron chi connectivity index (χ4n) is 1.38. The number of pyridine rings is 2. The average Bonchev–Trinajstić information content (AvgIpc) is 2.32. The highest BCUT2D eigenvalue weighted by atomic mass is 16.4. The van der Waals surface area contributed by atoms with Gasteiger partial charge in [0.15, 0.2) is 5.69 Å². The SMILES string of the molecule is Cc1ncccc1Nc1cccc(C(=O)O)n1. The van der Waals surface area contributed by atoms with Crippen LogP contribution in [0.5, 0.6) is 0 Å². The molecule has 0 aliphatic heterocycles. The van der Waals surface area contributed by atoms with Gasteiger partial charge in [-0.2, -0.15) is 0 Å². The van der Waals surface area contributed by atoms with Crippen molar-refractivity contribution in [3.63, 3.8) is 0 Å². The molecule has 0 saturated heterocycles. The van der Waals surface area contributed by atoms with E-state index in [-0.39, 0.29) is 5.69 Å². The summed E-state index contributed by atoms with van der Waals surface area (Å²) < 4.78 is 0. The van der Waals surface area contributed by atoms with Gasteiger partial charge in [-0.3, -0.25) is 4.98 Å². The summed E-state index contributed by atoms with van der Waals surface area (Å²) >= 11 is 0. The van der Waals surface area contributed by atoms with Gasteiger partial charge in [-0.15, -0.1) is 0 Å². The number of hydrogen-bond donors (Lipinski definition) is 2. The van der Waals surface area contributed by atoms with Gasteiger partial charge in [0.1, 0.15) is 5.82 Å². The lowest BCUT2D eigenvalue weighted by molar-refractivity contribution is 0.0690. The Balaban J connectivity index is 2.28. The minimum absolute atomic E-state index is 0.0107. The van der Waals surface area contributed by atoms with E-state index in [1.54, 1.807) is 24.4 Å². The lowest BCUT2D eigenvalue weighted by atomic mass is 10.3. The van der Waals surface area contributed by atoms with Crippen molar-refractivity contribution in [1.29, 1.82) is 0 Å². The Morgan fingerprint density at radius 3 is 2.82 bits per heavy atom. The summed E-state index contributed by atoms with van der Waals surface area (Å²) in [5, 5.41) is 11.9. The highest BCUT2D eigenvalue weighted by molar-refractivity contribution is 5.85. The van der Waals surface area contributed by atoms with Gasteiger partial charge in [-0.25, -0.2) is 9.78 Å². The summed E-state index contributed by atoms with van der Waals surface area (Å²) in [4.78, 5) is 18.9. The third-order valence-electron chi connectivity index (χ3n) is 2.24. The van der Waals surface area contributed by atoms with Crippen LogP contribution in [0.4, 0.5) is 11.5 Å². The minimum atomic E-state index is -1.04. The van der Waals surface area contributed by atoms with Crippen molar-refractivity contribution in [2.75, 3.05) is 5.32 Å². The molecular weight excluding hydrogens is 218 g/mol. The summed E-state index contributed by atoms with van der Waals surface area (Å²) in [5.74, 6) is -0.558. The number of aromatic carboxylic acids is 1. The van der Waals surface area contributed by atoms with E-state index in [0.717, 1.165) is 11.4 Å². The Morgan fingerprint density at radius 1 is 1.29 bits per heavy atom. The van der Waals surface area contributed by atoms with E-state index in [1.807, 2.05) is 13.0 Å². The first kappa shape index (κ1) is 11.1. The van der Waals surface area contributed by atoms with Crippen molar-refractivity contribution in [3.05, 3.63) is 47.9 Å². The molecule has 0 fully saturated rings. The summed E-state index contributed by atoms with van der Waals surface area (Å²) in [6.45, 7) is 1.86. The summed E-state index contributed by atoms with van der Waals surface area (Å²) in [6, 6.07) is 8.46. The molecule has 0 bridgehead atoms. The number of rotatable bonds is 3. The van der Waals surface area contributed by atoms with Crippen LogP contribution in [0.25, 0.3) is 0 Å². The Morgan fingerprint density at radius 2 is 2.12 bits per heavy atom. The quantitative estimate of drug-likeness (QED) is 0.844. The Labute approximate surface area is 98.2 Å². The summed E-state index contributed by atoms with van der Waals surface area (Å²) in [7, 11) is 0. The fourth-order valence-corrected chi connectivity index (χ4v) is 1.38. The van der Waals surface area contributed by atoms with Gasteiger partial charge < -0.3 is 10.4 Å². The molecule has 0 aliphatic rings. The normalized spacial score (nSPS) is 9.94. The lowest BCUT2D eigenvalue weighted by Crippen LogP contribution is -2.03. The largest absolute Gasteiger partial charge is 0.477 e. The zero-order valence-electron chi connectivity index (χ0n) is 9.21. The lowest BCUT2D eigenvalue weighted by Gasteiger charge is -2.07. The summed E-state index contributed by atoms with van der Waals surface area (Å²) in [6.07, 6.45) is 1.70. The molecular formula is C12H11N3O2. The molecule has 2 rings (SSSR count). The van der Waals surface area contributed by atoms with E-state index in [2.05, 4.69) is 15.3 Å². The van der Waals surface area contributed by atoms with Crippen LogP contribution in [0.15, 0.2) is 36.5 Å². The number of aryl methyl sites for hydroxylation is 1. The van der Waals surface area contributed by atoms with Crippen LogP contribution in [-0.2, 0) is 0 Å². The molecule has 86 valence electrons. The number of carbonyl (C=O) groups is 1. The van der Waals surface area contributed by atoms with Gasteiger partial charge in [0.2, 0.25) is 0 Å². The van der Waals surface area contributed by atoms with Crippen molar-refractivity contribution in [3.8, 4) is 0 Å². The Hall–Kier alpha value is -2.43. The number of hydrogen-bond acceptors (Lipinski definition) is 4. The van der Waals surface area contributed by atoms with Gasteiger partial charge >= 0.3 is 5.97 Å². The number of nitrogens with zero attached hydrogens (tertiary/aromatic N) is 2. The molecule has 0 saturated carbocycles. The van der Waals surface area contributed by atoms with E-state index in [4.69, 9.17) is 5.11 Å². The van der Waals surface area contributed by atoms with E-state index in [0.29, 0.717) is 5.82 Å². The highest BCUT2D eigenvalue weighted by Gasteiger charge is 2.05. The number of anilines is 2. The number of carboxylic acids is 1. The first-order chi connectivity index (χ1) is 8.16. The van der Waals surface area contributed by atoms with Gasteiger partial charge in [0.25, 0.3) is 0 Å². The number of aromatic nitrogens is 2. The molecule has 0 spiro atoms.